The smallest absolute Gasteiger partial charge is 0.311 e. The van der Waals surface area contributed by atoms with E-state index in [0.29, 0.717) is 11.4 Å². The third-order valence-corrected chi connectivity index (χ3v) is 11.5. The highest BCUT2D eigenvalue weighted by molar-refractivity contribution is 7.09. The van der Waals surface area contributed by atoms with Crippen molar-refractivity contribution in [3.63, 3.8) is 0 Å². The van der Waals surface area contributed by atoms with Crippen molar-refractivity contribution in [1.29, 1.82) is 0 Å². The minimum atomic E-state index is -0.871. The zero-order chi connectivity index (χ0) is 41.7. The number of amides is 3. The van der Waals surface area contributed by atoms with Crippen molar-refractivity contribution in [3.8, 4) is 0 Å². The van der Waals surface area contributed by atoms with Gasteiger partial charge in [0.15, 0.2) is 6.10 Å². The molecule has 2 aromatic rings. The lowest BCUT2D eigenvalue weighted by Crippen LogP contribution is -2.58. The fourth-order valence-corrected chi connectivity index (χ4v) is 7.81. The number of rotatable bonds is 19. The van der Waals surface area contributed by atoms with Crippen molar-refractivity contribution in [2.75, 3.05) is 27.2 Å². The third kappa shape index (κ3) is 13.2. The number of benzene rings is 1. The molecule has 3 amide bonds. The molecular weight excluding hydrogens is 731 g/mol. The van der Waals surface area contributed by atoms with Crippen LogP contribution in [0.15, 0.2) is 48.4 Å². The number of likely N-dealkylation sites (tertiary alicyclic amines) is 1. The number of likely N-dealkylation sites (N-methyl/N-ethyl adjacent to an activating group) is 2. The summed E-state index contributed by atoms with van der Waals surface area (Å²) in [6.45, 7) is 20.0. The second-order valence-corrected chi connectivity index (χ2v) is 17.6. The van der Waals surface area contributed by atoms with Gasteiger partial charge in [-0.15, -0.1) is 11.3 Å². The van der Waals surface area contributed by atoms with Gasteiger partial charge in [0.05, 0.1) is 24.4 Å². The molecule has 1 fully saturated rings. The lowest BCUT2D eigenvalue weighted by atomic mass is 9.92. The van der Waals surface area contributed by atoms with Gasteiger partial charge in [-0.2, -0.15) is 0 Å². The number of aromatic nitrogens is 1. The summed E-state index contributed by atoms with van der Waals surface area (Å²) in [7, 11) is 3.68. The molecular formula is C43H65N5O7S. The molecule has 3 rings (SSSR count). The summed E-state index contributed by atoms with van der Waals surface area (Å²) in [5.74, 6) is -2.68. The molecule has 0 radical (unpaired) electrons. The number of nitrogens with one attached hydrogen (secondary N) is 2. The average molecular weight is 796 g/mol. The van der Waals surface area contributed by atoms with Gasteiger partial charge in [-0.3, -0.25) is 28.9 Å². The Morgan fingerprint density at radius 3 is 2.34 bits per heavy atom. The molecule has 1 saturated heterocycles. The number of carbonyl (C=O) groups excluding carboxylic acids is 5. The number of carbonyl (C=O) groups is 5. The molecule has 1 aliphatic rings. The van der Waals surface area contributed by atoms with Crippen molar-refractivity contribution in [2.24, 2.45) is 23.2 Å². The number of ether oxygens (including phenoxy) is 2. The van der Waals surface area contributed by atoms with Crippen molar-refractivity contribution < 1.29 is 33.4 Å². The van der Waals surface area contributed by atoms with Crippen LogP contribution in [-0.2, 0) is 28.7 Å². The Kier molecular flexibility index (Phi) is 17.7. The van der Waals surface area contributed by atoms with E-state index in [-0.39, 0.29) is 60.2 Å². The quantitative estimate of drug-likeness (QED) is 0.115. The van der Waals surface area contributed by atoms with Gasteiger partial charge in [0.25, 0.3) is 5.91 Å². The van der Waals surface area contributed by atoms with Crippen LogP contribution in [0.25, 0.3) is 0 Å². The first kappa shape index (κ1) is 46.3. The van der Waals surface area contributed by atoms with Crippen LogP contribution in [0.3, 0.4) is 0 Å². The van der Waals surface area contributed by atoms with Gasteiger partial charge in [0, 0.05) is 24.9 Å². The topological polar surface area (TPSA) is 147 Å². The Morgan fingerprint density at radius 2 is 1.75 bits per heavy atom. The first-order valence-electron chi connectivity index (χ1n) is 19.9. The van der Waals surface area contributed by atoms with Gasteiger partial charge in [0.2, 0.25) is 11.8 Å². The molecule has 0 aliphatic carbocycles. The number of nitrogens with zero attached hydrogens (tertiary/aromatic N) is 3. The van der Waals surface area contributed by atoms with E-state index in [1.54, 1.807) is 24.3 Å². The molecule has 56 heavy (non-hydrogen) atoms. The molecule has 12 nitrogen and oxygen atoms in total. The van der Waals surface area contributed by atoms with Crippen LogP contribution in [0.2, 0.25) is 0 Å². The van der Waals surface area contributed by atoms with E-state index in [1.165, 1.54) is 17.4 Å². The standard InChI is InChI=1S/C43H65N5O7S/c1-12-23-54-42(53)29(6)37(30-19-15-14-16-20-30)46-38(50)31-26-56-40(44-31)34(55-35(49)25-43(7,8)9)24-33(27(3)4)48(11)41(52)36(28(5)13-2)45-39(51)32-21-17-18-22-47(32)10/h12,14-16,19-20,26-29,32-34,36-37H,1,13,17-18,21-25H2,2-11H3,(H,45,51)(H,46,50)/t28-,29?,32+,33+,34+,36-,37?/m0/s1. The lowest BCUT2D eigenvalue weighted by molar-refractivity contribution is -0.153. The Hall–Kier alpha value is -4.10. The average Bonchev–Trinajstić information content (AvgIpc) is 3.65. The van der Waals surface area contributed by atoms with E-state index in [4.69, 9.17) is 9.47 Å². The molecule has 2 heterocycles. The molecule has 0 bridgehead atoms. The zero-order valence-corrected chi connectivity index (χ0v) is 35.9. The molecule has 2 N–H and O–H groups in total. The van der Waals surface area contributed by atoms with Crippen LogP contribution < -0.4 is 10.6 Å². The summed E-state index contributed by atoms with van der Waals surface area (Å²) in [5, 5.41) is 8.09. The molecule has 1 aliphatic heterocycles. The van der Waals surface area contributed by atoms with Crippen molar-refractivity contribution in [3.05, 3.63) is 64.6 Å². The van der Waals surface area contributed by atoms with Gasteiger partial charge in [-0.1, -0.05) is 104 Å². The van der Waals surface area contributed by atoms with Crippen LogP contribution in [0.1, 0.15) is 127 Å². The second-order valence-electron chi connectivity index (χ2n) is 16.7. The van der Waals surface area contributed by atoms with Crippen LogP contribution in [0, 0.1) is 23.2 Å². The summed E-state index contributed by atoms with van der Waals surface area (Å²) in [4.78, 5) is 76.4. The molecule has 0 saturated carbocycles. The number of esters is 2. The highest BCUT2D eigenvalue weighted by Crippen LogP contribution is 2.33. The Labute approximate surface area is 338 Å². The first-order chi connectivity index (χ1) is 26.4. The highest BCUT2D eigenvalue weighted by Gasteiger charge is 2.38. The predicted octanol–water partition coefficient (Wildman–Crippen LogP) is 6.89. The fraction of sp³-hybridized carbons (Fsp3) is 0.628. The maximum absolute atomic E-state index is 14.4. The van der Waals surface area contributed by atoms with E-state index in [2.05, 4.69) is 27.1 Å². The highest BCUT2D eigenvalue weighted by atomic mass is 32.1. The maximum Gasteiger partial charge on any atom is 0.311 e. The minimum Gasteiger partial charge on any atom is -0.461 e. The van der Waals surface area contributed by atoms with E-state index >= 15 is 0 Å². The molecule has 2 unspecified atom stereocenters. The maximum atomic E-state index is 14.4. The zero-order valence-electron chi connectivity index (χ0n) is 35.1. The van der Waals surface area contributed by atoms with Crippen LogP contribution in [0.4, 0.5) is 0 Å². The van der Waals surface area contributed by atoms with Crippen LogP contribution >= 0.6 is 11.3 Å². The molecule has 1 aromatic heterocycles. The van der Waals surface area contributed by atoms with Crippen LogP contribution in [0.5, 0.6) is 0 Å². The minimum absolute atomic E-state index is 0.0482. The van der Waals surface area contributed by atoms with Crippen molar-refractivity contribution in [2.45, 2.75) is 124 Å². The normalized spacial score (nSPS) is 18.1. The lowest BCUT2D eigenvalue weighted by Gasteiger charge is -2.38. The SMILES string of the molecule is C=CCOC(=O)C(C)C(NC(=O)c1csc([C@@H](C[C@H](C(C)C)N(C)C(=O)[C@@H](NC(=O)[C@H]2CCCCN2C)[C@@H](C)CC)OC(=O)CC(C)(C)C)n1)c1ccccc1. The third-order valence-electron chi connectivity index (χ3n) is 10.6. The Morgan fingerprint density at radius 1 is 1.07 bits per heavy atom. The fourth-order valence-electron chi connectivity index (χ4n) is 6.97. The number of hydrogen-bond donors (Lipinski definition) is 2. The Balaban J connectivity index is 1.92. The second kappa shape index (κ2) is 21.4. The number of piperidine rings is 1. The monoisotopic (exact) mass is 795 g/mol. The Bertz CT molecular complexity index is 1620. The van der Waals surface area contributed by atoms with Gasteiger partial charge >= 0.3 is 11.9 Å². The van der Waals surface area contributed by atoms with Gasteiger partial charge in [-0.25, -0.2) is 4.98 Å². The molecule has 0 spiro atoms. The van der Waals surface area contributed by atoms with Crippen molar-refractivity contribution in [1.82, 2.24) is 25.4 Å². The first-order valence-corrected chi connectivity index (χ1v) is 20.8. The molecule has 310 valence electrons. The van der Waals surface area contributed by atoms with Crippen molar-refractivity contribution >= 4 is 41.0 Å². The number of thiazole rings is 1. The summed E-state index contributed by atoms with van der Waals surface area (Å²) in [6.07, 6.45) is 4.43. The van der Waals surface area contributed by atoms with Gasteiger partial charge < -0.3 is 25.0 Å². The number of hydrogen-bond acceptors (Lipinski definition) is 10. The largest absolute Gasteiger partial charge is 0.461 e. The summed E-state index contributed by atoms with van der Waals surface area (Å²) in [5.41, 5.74) is 0.481. The summed E-state index contributed by atoms with van der Waals surface area (Å²) < 4.78 is 11.5. The molecule has 13 heteroatoms. The van der Waals surface area contributed by atoms with E-state index in [1.807, 2.05) is 85.8 Å². The van der Waals surface area contributed by atoms with Gasteiger partial charge in [0.1, 0.15) is 23.4 Å². The molecule has 7 atom stereocenters. The van der Waals surface area contributed by atoms with E-state index in [0.717, 1.165) is 31.4 Å². The van der Waals surface area contributed by atoms with E-state index in [9.17, 15) is 24.0 Å². The summed E-state index contributed by atoms with van der Waals surface area (Å²) >= 11 is 1.19. The molecule has 1 aromatic carbocycles. The predicted molar refractivity (Wildman–Crippen MR) is 220 cm³/mol. The van der Waals surface area contributed by atoms with Gasteiger partial charge in [-0.05, 0) is 56.2 Å². The van der Waals surface area contributed by atoms with Crippen LogP contribution in [-0.4, -0.2) is 89.8 Å². The van der Waals surface area contributed by atoms with E-state index < -0.39 is 48.0 Å². The summed E-state index contributed by atoms with van der Waals surface area (Å²) in [6, 6.07) is 7.02.